The Morgan fingerprint density at radius 1 is 1.46 bits per heavy atom. The van der Waals surface area contributed by atoms with Gasteiger partial charge in [0.1, 0.15) is 5.82 Å². The van der Waals surface area contributed by atoms with Crippen molar-refractivity contribution in [3.05, 3.63) is 35.7 Å². The molecule has 0 aliphatic heterocycles. The van der Waals surface area contributed by atoms with Gasteiger partial charge in [0, 0.05) is 18.3 Å². The van der Waals surface area contributed by atoms with Crippen molar-refractivity contribution in [2.24, 2.45) is 0 Å². The average Bonchev–Trinajstić information content (AvgIpc) is 2.02. The highest BCUT2D eigenvalue weighted by Crippen LogP contribution is 2.26. The molecule has 0 aromatic heterocycles. The molecule has 1 nitrogen and oxygen atoms in total. The summed E-state index contributed by atoms with van der Waals surface area (Å²) in [5, 5.41) is 3.04. The molecule has 0 radical (unpaired) electrons. The molecule has 0 fully saturated rings. The molecule has 0 amide bonds. The predicted molar refractivity (Wildman–Crippen MR) is 55.4 cm³/mol. The third-order valence-corrected chi connectivity index (χ3v) is 2.01. The first-order valence-electron chi connectivity index (χ1n) is 4.20. The van der Waals surface area contributed by atoms with Gasteiger partial charge in [-0.05, 0) is 37.1 Å². The molecular weight excluding hydrogens is 165 g/mol. The van der Waals surface area contributed by atoms with Gasteiger partial charge < -0.3 is 5.32 Å². The van der Waals surface area contributed by atoms with Crippen molar-refractivity contribution in [3.63, 3.8) is 0 Å². The zero-order chi connectivity index (χ0) is 10.0. The monoisotopic (exact) mass is 179 g/mol. The van der Waals surface area contributed by atoms with Crippen LogP contribution in [0, 0.1) is 12.7 Å². The maximum Gasteiger partial charge on any atom is 0.124 e. The van der Waals surface area contributed by atoms with Crippen LogP contribution in [0.2, 0.25) is 0 Å². The van der Waals surface area contributed by atoms with E-state index >= 15 is 0 Å². The van der Waals surface area contributed by atoms with E-state index in [1.54, 1.807) is 0 Å². The van der Waals surface area contributed by atoms with Crippen molar-refractivity contribution in [2.75, 3.05) is 12.4 Å². The number of halogens is 1. The minimum absolute atomic E-state index is 0.213. The summed E-state index contributed by atoms with van der Waals surface area (Å²) in [6, 6.07) is 3.01. The third kappa shape index (κ3) is 1.89. The maximum atomic E-state index is 13.0. The summed E-state index contributed by atoms with van der Waals surface area (Å²) >= 11 is 0. The van der Waals surface area contributed by atoms with Crippen molar-refractivity contribution >= 4 is 11.3 Å². The Balaban J connectivity index is 3.38. The Hall–Kier alpha value is -1.31. The van der Waals surface area contributed by atoms with Crippen molar-refractivity contribution in [1.82, 2.24) is 0 Å². The summed E-state index contributed by atoms with van der Waals surface area (Å²) in [5.74, 6) is -0.213. The van der Waals surface area contributed by atoms with Crippen LogP contribution >= 0.6 is 0 Å². The summed E-state index contributed by atoms with van der Waals surface area (Å²) in [6.45, 7) is 7.56. The molecule has 0 saturated carbocycles. The first kappa shape index (κ1) is 9.78. The quantitative estimate of drug-likeness (QED) is 0.735. The topological polar surface area (TPSA) is 12.0 Å². The van der Waals surface area contributed by atoms with Gasteiger partial charge in [0.15, 0.2) is 0 Å². The molecule has 0 aliphatic rings. The zero-order valence-corrected chi connectivity index (χ0v) is 8.24. The molecule has 0 unspecified atom stereocenters. The van der Waals surface area contributed by atoms with Crippen LogP contribution in [0.5, 0.6) is 0 Å². The minimum atomic E-state index is -0.213. The second kappa shape index (κ2) is 3.60. The lowest BCUT2D eigenvalue weighted by Crippen LogP contribution is -1.97. The van der Waals surface area contributed by atoms with Crippen LogP contribution in [0.25, 0.3) is 5.57 Å². The van der Waals surface area contributed by atoms with Gasteiger partial charge in [0.2, 0.25) is 0 Å². The molecule has 0 spiro atoms. The first-order chi connectivity index (χ1) is 6.06. The zero-order valence-electron chi connectivity index (χ0n) is 8.24. The number of allylic oxidation sites excluding steroid dienone is 1. The number of benzene rings is 1. The Kier molecular flexibility index (Phi) is 2.71. The SMILES string of the molecule is C=C(C)c1cc(F)cc(C)c1NC. The van der Waals surface area contributed by atoms with Crippen LogP contribution in [0.3, 0.4) is 0 Å². The lowest BCUT2D eigenvalue weighted by Gasteiger charge is -2.12. The Bertz CT molecular complexity index is 342. The Labute approximate surface area is 78.3 Å². The Morgan fingerprint density at radius 2 is 2.08 bits per heavy atom. The smallest absolute Gasteiger partial charge is 0.124 e. The van der Waals surface area contributed by atoms with Crippen LogP contribution < -0.4 is 5.32 Å². The van der Waals surface area contributed by atoms with E-state index in [9.17, 15) is 4.39 Å². The number of hydrogen-bond donors (Lipinski definition) is 1. The van der Waals surface area contributed by atoms with Crippen LogP contribution in [0.1, 0.15) is 18.1 Å². The lowest BCUT2D eigenvalue weighted by molar-refractivity contribution is 0.626. The molecular formula is C11H14FN. The summed E-state index contributed by atoms with van der Waals surface area (Å²) < 4.78 is 13.0. The van der Waals surface area contributed by atoms with Crippen LogP contribution in [-0.4, -0.2) is 7.05 Å². The minimum Gasteiger partial charge on any atom is -0.387 e. The molecule has 13 heavy (non-hydrogen) atoms. The van der Waals surface area contributed by atoms with Gasteiger partial charge in [-0.15, -0.1) is 0 Å². The van der Waals surface area contributed by atoms with Gasteiger partial charge >= 0.3 is 0 Å². The highest BCUT2D eigenvalue weighted by atomic mass is 19.1. The molecule has 1 N–H and O–H groups in total. The fraction of sp³-hybridized carbons (Fsp3) is 0.273. The molecule has 2 heteroatoms. The molecule has 0 saturated heterocycles. The summed E-state index contributed by atoms with van der Waals surface area (Å²) in [6.07, 6.45) is 0. The summed E-state index contributed by atoms with van der Waals surface area (Å²) in [7, 11) is 1.83. The Morgan fingerprint density at radius 3 is 2.54 bits per heavy atom. The van der Waals surface area contributed by atoms with E-state index in [0.29, 0.717) is 0 Å². The number of hydrogen-bond acceptors (Lipinski definition) is 1. The van der Waals surface area contributed by atoms with Gasteiger partial charge in [0.05, 0.1) is 0 Å². The van der Waals surface area contributed by atoms with E-state index in [1.165, 1.54) is 12.1 Å². The van der Waals surface area contributed by atoms with Crippen LogP contribution in [0.15, 0.2) is 18.7 Å². The lowest BCUT2D eigenvalue weighted by atomic mass is 10.0. The maximum absolute atomic E-state index is 13.0. The predicted octanol–water partition coefficient (Wildman–Crippen LogP) is 3.21. The van der Waals surface area contributed by atoms with Gasteiger partial charge in [-0.25, -0.2) is 4.39 Å². The van der Waals surface area contributed by atoms with Crippen molar-refractivity contribution < 1.29 is 4.39 Å². The first-order valence-corrected chi connectivity index (χ1v) is 4.20. The molecule has 1 aromatic carbocycles. The number of nitrogens with one attached hydrogen (secondary N) is 1. The molecule has 70 valence electrons. The fourth-order valence-electron chi connectivity index (χ4n) is 1.41. The van der Waals surface area contributed by atoms with Gasteiger partial charge in [0.25, 0.3) is 0 Å². The second-order valence-corrected chi connectivity index (χ2v) is 3.18. The molecule has 0 aliphatic carbocycles. The van der Waals surface area contributed by atoms with Crippen LogP contribution in [-0.2, 0) is 0 Å². The van der Waals surface area contributed by atoms with Crippen molar-refractivity contribution in [2.45, 2.75) is 13.8 Å². The number of rotatable bonds is 2. The van der Waals surface area contributed by atoms with Gasteiger partial charge in [-0.2, -0.15) is 0 Å². The van der Waals surface area contributed by atoms with Crippen LogP contribution in [0.4, 0.5) is 10.1 Å². The van der Waals surface area contributed by atoms with Gasteiger partial charge in [-0.1, -0.05) is 6.58 Å². The van der Waals surface area contributed by atoms with Gasteiger partial charge in [-0.3, -0.25) is 0 Å². The number of anilines is 1. The third-order valence-electron chi connectivity index (χ3n) is 2.01. The standard InChI is InChI=1S/C11H14FN/c1-7(2)10-6-9(12)5-8(3)11(10)13-4/h5-6,13H,1H2,2-4H3. The second-order valence-electron chi connectivity index (χ2n) is 3.18. The molecule has 0 heterocycles. The average molecular weight is 179 g/mol. The van der Waals surface area contributed by atoms with E-state index in [-0.39, 0.29) is 5.82 Å². The van der Waals surface area contributed by atoms with E-state index in [0.717, 1.165) is 22.4 Å². The van der Waals surface area contributed by atoms with Crippen molar-refractivity contribution in [1.29, 1.82) is 0 Å². The molecule has 1 rings (SSSR count). The fourth-order valence-corrected chi connectivity index (χ4v) is 1.41. The van der Waals surface area contributed by atoms with Crippen molar-refractivity contribution in [3.8, 4) is 0 Å². The summed E-state index contributed by atoms with van der Waals surface area (Å²) in [4.78, 5) is 0. The van der Waals surface area contributed by atoms with E-state index < -0.39 is 0 Å². The number of aryl methyl sites for hydroxylation is 1. The molecule has 0 atom stereocenters. The van der Waals surface area contributed by atoms with E-state index in [2.05, 4.69) is 11.9 Å². The summed E-state index contributed by atoms with van der Waals surface area (Å²) in [5.41, 5.74) is 3.57. The largest absolute Gasteiger partial charge is 0.387 e. The molecule has 0 bridgehead atoms. The highest BCUT2D eigenvalue weighted by molar-refractivity contribution is 5.76. The normalized spacial score (nSPS) is 9.85. The molecule has 1 aromatic rings. The van der Waals surface area contributed by atoms with E-state index in [4.69, 9.17) is 0 Å². The van der Waals surface area contributed by atoms with E-state index in [1.807, 2.05) is 20.9 Å². The highest BCUT2D eigenvalue weighted by Gasteiger charge is 2.06.